The number of benzene rings is 6. The lowest BCUT2D eigenvalue weighted by atomic mass is 10.1. The molecule has 0 unspecified atom stereocenters. The van der Waals surface area contributed by atoms with Crippen molar-refractivity contribution in [3.63, 3.8) is 0 Å². The van der Waals surface area contributed by atoms with Crippen molar-refractivity contribution in [1.82, 2.24) is 44.9 Å². The lowest BCUT2D eigenvalue weighted by molar-refractivity contribution is 0.311. The third-order valence-electron chi connectivity index (χ3n) is 11.1. The molecule has 0 radical (unpaired) electrons. The van der Waals surface area contributed by atoms with E-state index < -0.39 is 0 Å². The number of aromatic nitrogens is 9. The lowest BCUT2D eigenvalue weighted by Crippen LogP contribution is -2.12. The van der Waals surface area contributed by atoms with E-state index in [2.05, 4.69) is 72.0 Å². The van der Waals surface area contributed by atoms with Crippen molar-refractivity contribution in [2.75, 3.05) is 0 Å². The number of rotatable bonds is 5. The molecule has 0 fully saturated rings. The van der Waals surface area contributed by atoms with Crippen LogP contribution < -0.4 is 17.4 Å². The average Bonchev–Trinajstić information content (AvgIpc) is 4.20. The average molecular weight is 910 g/mol. The van der Waals surface area contributed by atoms with Crippen LogP contribution in [-0.4, -0.2) is 72.1 Å². The van der Waals surface area contributed by atoms with Gasteiger partial charge in [0.05, 0.1) is 23.1 Å². The Morgan fingerprint density at radius 3 is 1.06 bits per heavy atom. The minimum atomic E-state index is 0.0776. The van der Waals surface area contributed by atoms with Crippen LogP contribution in [0.5, 0.6) is 0 Å². The molecule has 0 bridgehead atoms. The molecule has 12 N–H and O–H groups in total. The van der Waals surface area contributed by atoms with Crippen LogP contribution in [0.4, 0.5) is 5.69 Å². The fourth-order valence-corrected chi connectivity index (χ4v) is 7.66. The molecule has 6 aromatic heterocycles. The summed E-state index contributed by atoms with van der Waals surface area (Å²) in [6, 6.07) is 46.2. The molecule has 0 aliphatic rings. The predicted molar refractivity (Wildman–Crippen MR) is 268 cm³/mol. The first kappa shape index (κ1) is 44.1. The molecule has 0 aliphatic heterocycles. The zero-order valence-electron chi connectivity index (χ0n) is 36.2. The number of H-pyrrole nitrogens is 3. The van der Waals surface area contributed by atoms with E-state index in [0.717, 1.165) is 83.0 Å². The Morgan fingerprint density at radius 1 is 0.449 bits per heavy atom. The quantitative estimate of drug-likeness (QED) is 0.0257. The number of imidazole rings is 3. The third-order valence-corrected chi connectivity index (χ3v) is 11.1. The van der Waals surface area contributed by atoms with E-state index in [1.54, 1.807) is 36.4 Å². The van der Waals surface area contributed by atoms with Gasteiger partial charge in [-0.3, -0.25) is 0 Å². The maximum Gasteiger partial charge on any atom is 0.187 e. The summed E-state index contributed by atoms with van der Waals surface area (Å²) in [6.07, 6.45) is 5.48. The molecule has 0 atom stereocenters. The zero-order chi connectivity index (χ0) is 47.9. The van der Waals surface area contributed by atoms with Crippen LogP contribution in [0.2, 0.25) is 0 Å². The molecule has 0 aliphatic carbocycles. The molecule has 18 heteroatoms. The van der Waals surface area contributed by atoms with Gasteiger partial charge in [-0.15, -0.1) is 0 Å². The van der Waals surface area contributed by atoms with Crippen molar-refractivity contribution < 1.29 is 15.6 Å². The normalized spacial score (nSPS) is 11.4. The van der Waals surface area contributed by atoms with Gasteiger partial charge >= 0.3 is 0 Å². The van der Waals surface area contributed by atoms with Crippen LogP contribution in [0, 0.1) is 6.57 Å². The smallest absolute Gasteiger partial charge is 0.187 e. The highest BCUT2D eigenvalue weighted by Gasteiger charge is 2.13. The molecule has 18 nitrogen and oxygen atoms in total. The standard InChI is InChI=1S/2C17H13N5O.C17H10N4.H3NO/c2*18-15(22-23)10-5-7-11(8-6-10)16-20-14-13-4-2-1-3-12(13)9-19-17(14)21-16;1-18-13-8-6-11(7-9-13)16-20-15-14-5-3-2-4-12(14)10-19-17(15)21-16;1-2/h2*1-9,23H,(H2,18,22)(H,19,20,21);2-10H,(H,19,20,21);2H,1H2. The van der Waals surface area contributed by atoms with Crippen LogP contribution >= 0.6 is 0 Å². The van der Waals surface area contributed by atoms with Crippen LogP contribution in [0.15, 0.2) is 174 Å². The van der Waals surface area contributed by atoms with E-state index in [9.17, 15) is 0 Å². The van der Waals surface area contributed by atoms with Gasteiger partial charge in [-0.1, -0.05) is 156 Å². The number of amidine groups is 2. The third kappa shape index (κ3) is 8.99. The summed E-state index contributed by atoms with van der Waals surface area (Å²) >= 11 is 0. The fraction of sp³-hybridized carbons (Fsp3) is 0. The van der Waals surface area contributed by atoms with Crippen molar-refractivity contribution in [2.24, 2.45) is 27.7 Å². The van der Waals surface area contributed by atoms with Crippen molar-refractivity contribution in [2.45, 2.75) is 0 Å². The highest BCUT2D eigenvalue weighted by Crippen LogP contribution is 2.29. The number of hydrogen-bond donors (Lipinski definition) is 9. The second kappa shape index (κ2) is 19.6. The number of aromatic amines is 3. The summed E-state index contributed by atoms with van der Waals surface area (Å²) in [5.74, 6) is 5.89. The van der Waals surface area contributed by atoms with Crippen molar-refractivity contribution >= 4 is 83.2 Å². The number of nitrogens with one attached hydrogen (secondary N) is 3. The van der Waals surface area contributed by atoms with Crippen molar-refractivity contribution in [3.05, 3.63) is 187 Å². The summed E-state index contributed by atoms with van der Waals surface area (Å²) in [5, 5.41) is 36.4. The van der Waals surface area contributed by atoms with Crippen molar-refractivity contribution in [1.29, 1.82) is 0 Å². The molecule has 12 rings (SSSR count). The predicted octanol–water partition coefficient (Wildman–Crippen LogP) is 9.41. The molecule has 6 heterocycles. The SMILES string of the molecule is N/C(=N/O)c1ccc(-c2nc3ncc4ccccc4c3[nH]2)cc1.N/C(=N/O)c1ccc(-c2nc3ncc4ccccc4c3[nH]2)cc1.NO.[C-]#[N+]c1ccc(-c2nc3ncc4ccccc4c3[nH]2)cc1. The summed E-state index contributed by atoms with van der Waals surface area (Å²) < 4.78 is 0. The minimum absolute atomic E-state index is 0.0776. The molecule has 0 saturated heterocycles. The maximum absolute atomic E-state index is 8.71. The Bertz CT molecular complexity index is 3700. The van der Waals surface area contributed by atoms with Crippen LogP contribution in [0.3, 0.4) is 0 Å². The molecule has 0 saturated carbocycles. The molecular weight excluding hydrogens is 871 g/mol. The van der Waals surface area contributed by atoms with Crippen LogP contribution in [0.1, 0.15) is 11.1 Å². The highest BCUT2D eigenvalue weighted by atomic mass is 16.4. The molecule has 6 aromatic carbocycles. The Morgan fingerprint density at radius 2 is 0.754 bits per heavy atom. The molecular formula is C51H39N15O3. The first-order valence-corrected chi connectivity index (χ1v) is 21.0. The molecule has 0 amide bonds. The second-order valence-electron chi connectivity index (χ2n) is 15.2. The highest BCUT2D eigenvalue weighted by molar-refractivity contribution is 6.05. The summed E-state index contributed by atoms with van der Waals surface area (Å²) in [6.45, 7) is 6.99. The van der Waals surface area contributed by atoms with Gasteiger partial charge in [-0.25, -0.2) is 40.6 Å². The van der Waals surface area contributed by atoms with Crippen molar-refractivity contribution in [3.8, 4) is 34.2 Å². The summed E-state index contributed by atoms with van der Waals surface area (Å²) in [5.41, 5.74) is 20.7. The van der Waals surface area contributed by atoms with Gasteiger partial charge in [0.1, 0.15) is 17.5 Å². The number of oxime groups is 2. The molecule has 12 aromatic rings. The minimum Gasteiger partial charge on any atom is -0.409 e. The zero-order valence-corrected chi connectivity index (χ0v) is 36.2. The Labute approximate surface area is 391 Å². The van der Waals surface area contributed by atoms with E-state index >= 15 is 0 Å². The summed E-state index contributed by atoms with van der Waals surface area (Å²) in [4.78, 5) is 40.2. The van der Waals surface area contributed by atoms with E-state index in [4.69, 9.17) is 33.7 Å². The lowest BCUT2D eigenvalue weighted by Gasteiger charge is -2.00. The van der Waals surface area contributed by atoms with E-state index in [0.29, 0.717) is 33.8 Å². The van der Waals surface area contributed by atoms with Gasteiger partial charge in [-0.05, 0) is 0 Å². The fourth-order valence-electron chi connectivity index (χ4n) is 7.66. The maximum atomic E-state index is 8.71. The molecule has 336 valence electrons. The molecule has 69 heavy (non-hydrogen) atoms. The van der Waals surface area contributed by atoms with Gasteiger partial charge in [0.2, 0.25) is 0 Å². The monoisotopic (exact) mass is 909 g/mol. The van der Waals surface area contributed by atoms with Crippen LogP contribution in [-0.2, 0) is 0 Å². The first-order valence-electron chi connectivity index (χ1n) is 21.0. The number of nitrogens with two attached hydrogens (primary N) is 3. The number of hydrogen-bond acceptors (Lipinski definition) is 12. The van der Waals surface area contributed by atoms with Gasteiger partial charge in [0.25, 0.3) is 0 Å². The Hall–Kier alpha value is -10.1. The topological polar surface area (TPSA) is 293 Å². The number of pyridine rings is 3. The van der Waals surface area contributed by atoms with Gasteiger partial charge in [-0.2, -0.15) is 0 Å². The van der Waals surface area contributed by atoms with Crippen LogP contribution in [0.25, 0.3) is 105 Å². The largest absolute Gasteiger partial charge is 0.409 e. The Balaban J connectivity index is 0.000000127. The van der Waals surface area contributed by atoms with Gasteiger partial charge in [0.15, 0.2) is 34.3 Å². The Kier molecular flexibility index (Phi) is 12.5. The van der Waals surface area contributed by atoms with Gasteiger partial charge < -0.3 is 42.0 Å². The molecule has 0 spiro atoms. The summed E-state index contributed by atoms with van der Waals surface area (Å²) in [7, 11) is 0. The van der Waals surface area contributed by atoms with E-state index in [1.165, 1.54) is 0 Å². The first-order chi connectivity index (χ1) is 33.9. The number of nitrogens with zero attached hydrogens (tertiary/aromatic N) is 9. The number of fused-ring (bicyclic) bond motifs is 9. The van der Waals surface area contributed by atoms with Gasteiger partial charge in [0, 0.05) is 78.7 Å². The second-order valence-corrected chi connectivity index (χ2v) is 15.2. The van der Waals surface area contributed by atoms with E-state index in [1.807, 2.05) is 122 Å². The van der Waals surface area contributed by atoms with E-state index in [-0.39, 0.29) is 11.7 Å².